The number of aryl methyl sites for hydroxylation is 1. The Morgan fingerprint density at radius 1 is 1.10 bits per heavy atom. The van der Waals surface area contributed by atoms with Crippen molar-refractivity contribution in [1.29, 1.82) is 0 Å². The number of rotatable bonds is 12. The number of hydrogen-bond donors (Lipinski definition) is 0. The van der Waals surface area contributed by atoms with E-state index in [1.165, 1.54) is 12.1 Å². The highest BCUT2D eigenvalue weighted by atomic mass is 35.5. The predicted molar refractivity (Wildman–Crippen MR) is 152 cm³/mol. The molecular formula is C27H31ClN4O5S2. The summed E-state index contributed by atoms with van der Waals surface area (Å²) < 4.78 is 28.7. The number of hydrogen-bond acceptors (Lipinski definition) is 7. The van der Waals surface area contributed by atoms with Crippen molar-refractivity contribution in [3.8, 4) is 0 Å². The number of nitrogens with zero attached hydrogens (tertiary/aromatic N) is 4. The normalized spacial score (nSPS) is 14.1. The third-order valence-corrected chi connectivity index (χ3v) is 9.97. The number of thiophene rings is 1. The molecule has 1 fully saturated rings. The first-order chi connectivity index (χ1) is 18.6. The zero-order valence-corrected chi connectivity index (χ0v) is 24.1. The molecule has 39 heavy (non-hydrogen) atoms. The molecule has 0 bridgehead atoms. The molecule has 12 heteroatoms. The molecule has 1 amide bonds. The summed E-state index contributed by atoms with van der Waals surface area (Å²) in [6, 6.07) is 14.9. The van der Waals surface area contributed by atoms with Crippen LogP contribution in [-0.4, -0.2) is 66.1 Å². The average molecular weight is 591 g/mol. The maximum atomic E-state index is 13.8. The van der Waals surface area contributed by atoms with Gasteiger partial charge in [0, 0.05) is 30.6 Å². The molecule has 1 saturated heterocycles. The molecule has 0 radical (unpaired) electrons. The van der Waals surface area contributed by atoms with Gasteiger partial charge in [-0.1, -0.05) is 41.9 Å². The maximum Gasteiger partial charge on any atom is 0.289 e. The zero-order chi connectivity index (χ0) is 28.0. The van der Waals surface area contributed by atoms with Crippen molar-refractivity contribution in [2.45, 2.75) is 37.8 Å². The molecule has 2 aromatic carbocycles. The van der Waals surface area contributed by atoms with Gasteiger partial charge < -0.3 is 9.80 Å². The first-order valence-corrected chi connectivity index (χ1v) is 15.4. The number of sulfonamides is 1. The summed E-state index contributed by atoms with van der Waals surface area (Å²) in [7, 11) is -4.24. The number of halogens is 1. The molecule has 0 atom stereocenters. The third-order valence-electron chi connectivity index (χ3n) is 6.80. The summed E-state index contributed by atoms with van der Waals surface area (Å²) in [5.74, 6) is -0.347. The molecule has 1 aromatic heterocycles. The molecular weight excluding hydrogens is 560 g/mol. The molecule has 0 unspecified atom stereocenters. The van der Waals surface area contributed by atoms with Crippen molar-refractivity contribution in [2.24, 2.45) is 0 Å². The summed E-state index contributed by atoms with van der Waals surface area (Å²) in [6.07, 6.45) is 2.08. The Bertz CT molecular complexity index is 1410. The lowest BCUT2D eigenvalue weighted by molar-refractivity contribution is -0.384. The SMILES string of the molecule is Cc1ccsc1CN(Cc1ccccc1)C(=O)CN(CCN1CCCC1)S(=O)(=O)c1ccc(Cl)c([N+](=O)[O-])c1. The van der Waals surface area contributed by atoms with Crippen molar-refractivity contribution < 1.29 is 18.1 Å². The van der Waals surface area contributed by atoms with Crippen LogP contribution in [-0.2, 0) is 27.9 Å². The van der Waals surface area contributed by atoms with Crippen LogP contribution in [0, 0.1) is 17.0 Å². The van der Waals surface area contributed by atoms with E-state index in [0.717, 1.165) is 52.3 Å². The van der Waals surface area contributed by atoms with Crippen LogP contribution in [0.5, 0.6) is 0 Å². The summed E-state index contributed by atoms with van der Waals surface area (Å²) in [4.78, 5) is 29.1. The largest absolute Gasteiger partial charge is 0.332 e. The Morgan fingerprint density at radius 3 is 2.46 bits per heavy atom. The number of carbonyl (C=O) groups excluding carboxylic acids is 1. The quantitative estimate of drug-likeness (QED) is 0.219. The second kappa shape index (κ2) is 13.0. The smallest absolute Gasteiger partial charge is 0.289 e. The Balaban J connectivity index is 1.63. The Morgan fingerprint density at radius 2 is 1.82 bits per heavy atom. The Labute approximate surface area is 237 Å². The number of carbonyl (C=O) groups is 1. The topological polar surface area (TPSA) is 104 Å². The maximum absolute atomic E-state index is 13.8. The zero-order valence-electron chi connectivity index (χ0n) is 21.7. The summed E-state index contributed by atoms with van der Waals surface area (Å²) in [5.41, 5.74) is 1.50. The van der Waals surface area contributed by atoms with Gasteiger partial charge in [-0.25, -0.2) is 8.42 Å². The van der Waals surface area contributed by atoms with Crippen molar-refractivity contribution in [1.82, 2.24) is 14.1 Å². The number of nitro benzene ring substituents is 1. The van der Waals surface area contributed by atoms with Crippen molar-refractivity contribution in [3.05, 3.63) is 91.1 Å². The lowest BCUT2D eigenvalue weighted by Crippen LogP contribution is -2.45. The van der Waals surface area contributed by atoms with E-state index in [4.69, 9.17) is 11.6 Å². The van der Waals surface area contributed by atoms with Crippen molar-refractivity contribution >= 4 is 44.6 Å². The van der Waals surface area contributed by atoms with E-state index in [1.807, 2.05) is 48.7 Å². The van der Waals surface area contributed by atoms with E-state index in [9.17, 15) is 23.3 Å². The summed E-state index contributed by atoms with van der Waals surface area (Å²) in [5, 5.41) is 13.3. The molecule has 0 spiro atoms. The van der Waals surface area contributed by atoms with Gasteiger partial charge in [0.25, 0.3) is 5.69 Å². The van der Waals surface area contributed by atoms with E-state index in [0.29, 0.717) is 19.6 Å². The van der Waals surface area contributed by atoms with Crippen LogP contribution < -0.4 is 0 Å². The average Bonchev–Trinajstić information content (AvgIpc) is 3.58. The Kier molecular flexibility index (Phi) is 9.73. The monoisotopic (exact) mass is 590 g/mol. The molecule has 2 heterocycles. The van der Waals surface area contributed by atoms with Crippen LogP contribution in [0.3, 0.4) is 0 Å². The van der Waals surface area contributed by atoms with Gasteiger partial charge in [0.05, 0.1) is 22.9 Å². The van der Waals surface area contributed by atoms with Gasteiger partial charge in [-0.15, -0.1) is 11.3 Å². The van der Waals surface area contributed by atoms with E-state index in [1.54, 1.807) is 16.2 Å². The molecule has 3 aromatic rings. The fraction of sp³-hybridized carbons (Fsp3) is 0.370. The fourth-order valence-electron chi connectivity index (χ4n) is 4.51. The number of nitro groups is 1. The van der Waals surface area contributed by atoms with E-state index < -0.39 is 20.6 Å². The first kappa shape index (κ1) is 29.2. The highest BCUT2D eigenvalue weighted by Gasteiger charge is 2.31. The minimum absolute atomic E-state index is 0.0850. The molecule has 0 saturated carbocycles. The van der Waals surface area contributed by atoms with Crippen LogP contribution in [0.15, 0.2) is 64.9 Å². The number of likely N-dealkylation sites (tertiary alicyclic amines) is 1. The number of benzene rings is 2. The molecule has 4 rings (SSSR count). The molecule has 1 aliphatic rings. The predicted octanol–water partition coefficient (Wildman–Crippen LogP) is 4.93. The second-order valence-electron chi connectivity index (χ2n) is 9.52. The van der Waals surface area contributed by atoms with Crippen LogP contribution in [0.2, 0.25) is 5.02 Å². The lowest BCUT2D eigenvalue weighted by atomic mass is 10.2. The third kappa shape index (κ3) is 7.43. The van der Waals surface area contributed by atoms with Gasteiger partial charge in [-0.3, -0.25) is 14.9 Å². The lowest BCUT2D eigenvalue weighted by Gasteiger charge is -2.28. The van der Waals surface area contributed by atoms with Gasteiger partial charge in [-0.2, -0.15) is 4.31 Å². The van der Waals surface area contributed by atoms with Crippen LogP contribution in [0.25, 0.3) is 0 Å². The number of amides is 1. The van der Waals surface area contributed by atoms with E-state index in [-0.39, 0.29) is 28.9 Å². The minimum atomic E-state index is -4.24. The highest BCUT2D eigenvalue weighted by Crippen LogP contribution is 2.29. The minimum Gasteiger partial charge on any atom is -0.332 e. The second-order valence-corrected chi connectivity index (χ2v) is 12.9. The molecule has 1 aliphatic heterocycles. The Hall–Kier alpha value is -2.83. The van der Waals surface area contributed by atoms with Crippen LogP contribution in [0.4, 0.5) is 5.69 Å². The van der Waals surface area contributed by atoms with E-state index in [2.05, 4.69) is 4.90 Å². The van der Waals surface area contributed by atoms with Gasteiger partial charge in [0.2, 0.25) is 15.9 Å². The van der Waals surface area contributed by atoms with Crippen LogP contribution >= 0.6 is 22.9 Å². The van der Waals surface area contributed by atoms with Gasteiger partial charge >= 0.3 is 0 Å². The standard InChI is InChI=1S/C27H31ClN4O5S2/c1-21-11-16-38-26(21)19-30(18-22-7-3-2-4-8-22)27(33)20-31(15-14-29-12-5-6-13-29)39(36,37)23-9-10-24(28)25(17-23)32(34)35/h2-4,7-11,16-17H,5-6,12-15,18-20H2,1H3. The fourth-order valence-corrected chi connectivity index (χ4v) is 7.02. The van der Waals surface area contributed by atoms with Gasteiger partial charge in [-0.05, 0) is 67.6 Å². The summed E-state index contributed by atoms with van der Waals surface area (Å²) in [6.45, 7) is 4.55. The van der Waals surface area contributed by atoms with Crippen LogP contribution in [0.1, 0.15) is 28.8 Å². The molecule has 0 N–H and O–H groups in total. The van der Waals surface area contributed by atoms with Crippen molar-refractivity contribution in [2.75, 3.05) is 32.7 Å². The highest BCUT2D eigenvalue weighted by molar-refractivity contribution is 7.89. The molecule has 208 valence electrons. The van der Waals surface area contributed by atoms with Gasteiger partial charge in [0.15, 0.2) is 0 Å². The van der Waals surface area contributed by atoms with Gasteiger partial charge in [0.1, 0.15) is 5.02 Å². The molecule has 0 aliphatic carbocycles. The summed E-state index contributed by atoms with van der Waals surface area (Å²) >= 11 is 7.49. The first-order valence-electron chi connectivity index (χ1n) is 12.7. The molecule has 9 nitrogen and oxygen atoms in total. The van der Waals surface area contributed by atoms with Crippen molar-refractivity contribution in [3.63, 3.8) is 0 Å². The van der Waals surface area contributed by atoms with E-state index >= 15 is 0 Å².